The molecule has 25 heavy (non-hydrogen) atoms. The van der Waals surface area contributed by atoms with Crippen LogP contribution < -0.4 is 5.32 Å². The number of rotatable bonds is 6. The van der Waals surface area contributed by atoms with Crippen molar-refractivity contribution in [1.82, 2.24) is 14.9 Å². The van der Waals surface area contributed by atoms with Crippen molar-refractivity contribution in [2.24, 2.45) is 0 Å². The molecular formula is C19H17F2N3O. The molecule has 0 fully saturated rings. The van der Waals surface area contributed by atoms with E-state index in [1.165, 1.54) is 6.07 Å². The molecule has 6 heteroatoms. The predicted molar refractivity (Wildman–Crippen MR) is 92.3 cm³/mol. The summed E-state index contributed by atoms with van der Waals surface area (Å²) in [5.74, 6) is -1.76. The smallest absolute Gasteiger partial charge is 0.257 e. The second-order valence-corrected chi connectivity index (χ2v) is 5.52. The molecule has 1 heterocycles. The minimum Gasteiger partial charge on any atom is -0.351 e. The van der Waals surface area contributed by atoms with Crippen LogP contribution >= 0.6 is 0 Å². The Morgan fingerprint density at radius 3 is 2.60 bits per heavy atom. The monoisotopic (exact) mass is 341 g/mol. The Balaban J connectivity index is 1.74. The van der Waals surface area contributed by atoms with Crippen LogP contribution in [0.25, 0.3) is 11.0 Å². The number of amides is 1. The first-order chi connectivity index (χ1) is 12.1. The zero-order valence-corrected chi connectivity index (χ0v) is 13.5. The number of hydrogen-bond donors (Lipinski definition) is 1. The van der Waals surface area contributed by atoms with Crippen molar-refractivity contribution in [3.63, 3.8) is 0 Å². The molecule has 3 rings (SSSR count). The van der Waals surface area contributed by atoms with Crippen LogP contribution in [-0.4, -0.2) is 22.0 Å². The van der Waals surface area contributed by atoms with Crippen molar-refractivity contribution in [2.75, 3.05) is 6.54 Å². The third-order valence-electron chi connectivity index (χ3n) is 3.87. The van der Waals surface area contributed by atoms with Gasteiger partial charge in [0, 0.05) is 19.5 Å². The van der Waals surface area contributed by atoms with Gasteiger partial charge in [-0.15, -0.1) is 6.58 Å². The van der Waals surface area contributed by atoms with Crippen molar-refractivity contribution in [3.8, 4) is 0 Å². The Labute approximate surface area is 143 Å². The molecule has 0 saturated carbocycles. The van der Waals surface area contributed by atoms with Gasteiger partial charge in [-0.05, 0) is 24.3 Å². The minimum atomic E-state index is -0.878. The highest BCUT2D eigenvalue weighted by molar-refractivity contribution is 5.94. The number of aromatic nitrogens is 2. The number of hydrogen-bond acceptors (Lipinski definition) is 2. The van der Waals surface area contributed by atoms with E-state index in [9.17, 15) is 13.6 Å². The Hall–Kier alpha value is -3.02. The number of imidazole rings is 1. The number of nitrogens with one attached hydrogen (secondary N) is 1. The molecule has 0 atom stereocenters. The zero-order chi connectivity index (χ0) is 17.8. The van der Waals surface area contributed by atoms with Crippen LogP contribution in [0.4, 0.5) is 8.78 Å². The lowest BCUT2D eigenvalue weighted by Crippen LogP contribution is -2.28. The molecule has 0 saturated heterocycles. The van der Waals surface area contributed by atoms with E-state index in [1.807, 2.05) is 28.8 Å². The average Bonchev–Trinajstić information content (AvgIpc) is 2.93. The Kier molecular flexibility index (Phi) is 4.88. The number of carbonyl (C=O) groups is 1. The Morgan fingerprint density at radius 1 is 1.16 bits per heavy atom. The van der Waals surface area contributed by atoms with E-state index in [0.29, 0.717) is 13.0 Å². The third-order valence-corrected chi connectivity index (χ3v) is 3.87. The first-order valence-electron chi connectivity index (χ1n) is 7.89. The van der Waals surface area contributed by atoms with Crippen molar-refractivity contribution in [2.45, 2.75) is 13.0 Å². The maximum Gasteiger partial charge on any atom is 0.257 e. The summed E-state index contributed by atoms with van der Waals surface area (Å²) in [5, 5.41) is 2.54. The lowest BCUT2D eigenvalue weighted by Gasteiger charge is -2.09. The predicted octanol–water partition coefficient (Wildman–Crippen LogP) is 3.47. The molecule has 0 aliphatic rings. The molecule has 0 spiro atoms. The molecular weight excluding hydrogens is 324 g/mol. The number of nitrogens with zero attached hydrogens (tertiary/aromatic N) is 2. The topological polar surface area (TPSA) is 46.9 Å². The van der Waals surface area contributed by atoms with Gasteiger partial charge < -0.3 is 9.88 Å². The average molecular weight is 341 g/mol. The summed E-state index contributed by atoms with van der Waals surface area (Å²) < 4.78 is 29.3. The van der Waals surface area contributed by atoms with E-state index in [-0.39, 0.29) is 6.54 Å². The van der Waals surface area contributed by atoms with Crippen molar-refractivity contribution in [3.05, 3.63) is 78.1 Å². The zero-order valence-electron chi connectivity index (χ0n) is 13.5. The molecule has 0 aliphatic carbocycles. The van der Waals surface area contributed by atoms with Crippen molar-refractivity contribution < 1.29 is 13.6 Å². The van der Waals surface area contributed by atoms with Crippen LogP contribution in [0.3, 0.4) is 0 Å². The number of halogens is 2. The van der Waals surface area contributed by atoms with Gasteiger partial charge in [-0.25, -0.2) is 13.8 Å². The molecule has 128 valence electrons. The van der Waals surface area contributed by atoms with E-state index < -0.39 is 23.1 Å². The molecule has 1 amide bonds. The standard InChI is InChI=1S/C19H17F2N3O/c1-2-12-24-16-9-4-3-8-15(16)23-17(24)10-11-22-19(25)18-13(20)6-5-7-14(18)21/h2-9H,1,10-12H2,(H,22,25). The molecule has 0 aliphatic heterocycles. The minimum absolute atomic E-state index is 0.215. The van der Waals surface area contributed by atoms with Crippen LogP contribution in [-0.2, 0) is 13.0 Å². The van der Waals surface area contributed by atoms with Gasteiger partial charge in [0.1, 0.15) is 23.0 Å². The number of para-hydroxylation sites is 2. The van der Waals surface area contributed by atoms with E-state index in [2.05, 4.69) is 16.9 Å². The Morgan fingerprint density at radius 2 is 1.88 bits per heavy atom. The summed E-state index contributed by atoms with van der Waals surface area (Å²) in [6.07, 6.45) is 2.20. The second-order valence-electron chi connectivity index (χ2n) is 5.52. The largest absolute Gasteiger partial charge is 0.351 e. The highest BCUT2D eigenvalue weighted by atomic mass is 19.1. The number of benzene rings is 2. The van der Waals surface area contributed by atoms with Gasteiger partial charge in [-0.1, -0.05) is 24.3 Å². The van der Waals surface area contributed by atoms with E-state index in [4.69, 9.17) is 0 Å². The lowest BCUT2D eigenvalue weighted by molar-refractivity contribution is 0.0945. The van der Waals surface area contributed by atoms with Crippen molar-refractivity contribution in [1.29, 1.82) is 0 Å². The maximum atomic E-state index is 13.6. The number of carbonyl (C=O) groups excluding carboxylic acids is 1. The van der Waals surface area contributed by atoms with E-state index >= 15 is 0 Å². The fourth-order valence-corrected chi connectivity index (χ4v) is 2.74. The summed E-state index contributed by atoms with van der Waals surface area (Å²) in [5.41, 5.74) is 1.26. The molecule has 0 unspecified atom stereocenters. The molecule has 1 N–H and O–H groups in total. The van der Waals surface area contributed by atoms with Crippen LogP contribution in [0.15, 0.2) is 55.1 Å². The fraction of sp³-hybridized carbons (Fsp3) is 0.158. The van der Waals surface area contributed by atoms with Crippen LogP contribution in [0, 0.1) is 11.6 Å². The molecule has 2 aromatic carbocycles. The summed E-state index contributed by atoms with van der Waals surface area (Å²) in [7, 11) is 0. The van der Waals surface area contributed by atoms with E-state index in [1.54, 1.807) is 6.08 Å². The summed E-state index contributed by atoms with van der Waals surface area (Å²) in [6, 6.07) is 11.0. The number of fused-ring (bicyclic) bond motifs is 1. The second kappa shape index (κ2) is 7.25. The normalized spacial score (nSPS) is 10.8. The van der Waals surface area contributed by atoms with E-state index in [0.717, 1.165) is 29.0 Å². The van der Waals surface area contributed by atoms with Gasteiger partial charge in [-0.3, -0.25) is 4.79 Å². The first kappa shape index (κ1) is 16.8. The summed E-state index contributed by atoms with van der Waals surface area (Å²) in [4.78, 5) is 16.6. The molecule has 0 radical (unpaired) electrons. The summed E-state index contributed by atoms with van der Waals surface area (Å²) in [6.45, 7) is 4.55. The molecule has 0 bridgehead atoms. The lowest BCUT2D eigenvalue weighted by atomic mass is 10.2. The highest BCUT2D eigenvalue weighted by Gasteiger charge is 2.17. The number of allylic oxidation sites excluding steroid dienone is 1. The van der Waals surface area contributed by atoms with Crippen LogP contribution in [0.5, 0.6) is 0 Å². The van der Waals surface area contributed by atoms with Gasteiger partial charge in [-0.2, -0.15) is 0 Å². The van der Waals surface area contributed by atoms with Gasteiger partial charge in [0.05, 0.1) is 11.0 Å². The molecule has 4 nitrogen and oxygen atoms in total. The fourth-order valence-electron chi connectivity index (χ4n) is 2.74. The maximum absolute atomic E-state index is 13.6. The third kappa shape index (κ3) is 3.42. The SMILES string of the molecule is C=CCn1c(CCNC(=O)c2c(F)cccc2F)nc2ccccc21. The van der Waals surface area contributed by atoms with Crippen LogP contribution in [0.1, 0.15) is 16.2 Å². The van der Waals surface area contributed by atoms with Crippen LogP contribution in [0.2, 0.25) is 0 Å². The molecule has 1 aromatic heterocycles. The quantitative estimate of drug-likeness (QED) is 0.698. The molecule has 3 aromatic rings. The summed E-state index contributed by atoms with van der Waals surface area (Å²) >= 11 is 0. The Bertz CT molecular complexity index is 913. The van der Waals surface area contributed by atoms with Gasteiger partial charge >= 0.3 is 0 Å². The first-order valence-corrected chi connectivity index (χ1v) is 7.89. The van der Waals surface area contributed by atoms with Gasteiger partial charge in [0.15, 0.2) is 0 Å². The highest BCUT2D eigenvalue weighted by Crippen LogP contribution is 2.16. The van der Waals surface area contributed by atoms with Gasteiger partial charge in [0.2, 0.25) is 0 Å². The van der Waals surface area contributed by atoms with Gasteiger partial charge in [0.25, 0.3) is 5.91 Å². The van der Waals surface area contributed by atoms with Crippen molar-refractivity contribution >= 4 is 16.9 Å².